The summed E-state index contributed by atoms with van der Waals surface area (Å²) in [6.45, 7) is 2.22. The van der Waals surface area contributed by atoms with E-state index in [1.807, 2.05) is 0 Å². The van der Waals surface area contributed by atoms with Crippen molar-refractivity contribution >= 4 is 29.1 Å². The highest BCUT2D eigenvalue weighted by Gasteiger charge is 2.22. The van der Waals surface area contributed by atoms with Crippen molar-refractivity contribution in [2.75, 3.05) is 0 Å². The van der Waals surface area contributed by atoms with Gasteiger partial charge in [-0.05, 0) is 37.7 Å². The molecule has 1 heterocycles. The minimum atomic E-state index is -0.158. The molecule has 19 heavy (non-hydrogen) atoms. The van der Waals surface area contributed by atoms with Gasteiger partial charge < -0.3 is 5.32 Å². The van der Waals surface area contributed by atoms with Gasteiger partial charge in [-0.15, -0.1) is 0 Å². The third kappa shape index (κ3) is 3.83. The van der Waals surface area contributed by atoms with Crippen LogP contribution in [0.4, 0.5) is 0 Å². The van der Waals surface area contributed by atoms with Crippen molar-refractivity contribution in [3.8, 4) is 0 Å². The van der Waals surface area contributed by atoms with E-state index in [9.17, 15) is 4.79 Å². The molecule has 1 aliphatic carbocycles. The van der Waals surface area contributed by atoms with Gasteiger partial charge in [0.25, 0.3) is 5.91 Å². The molecule has 3 nitrogen and oxygen atoms in total. The lowest BCUT2D eigenvalue weighted by atomic mass is 9.84. The molecule has 1 saturated carbocycles. The lowest BCUT2D eigenvalue weighted by molar-refractivity contribution is 0.0921. The maximum absolute atomic E-state index is 12.2. The monoisotopic (exact) mass is 300 g/mol. The Labute approximate surface area is 123 Å². The van der Waals surface area contributed by atoms with E-state index < -0.39 is 0 Å². The maximum atomic E-state index is 12.2. The Bertz CT molecular complexity index is 457. The van der Waals surface area contributed by atoms with E-state index in [1.165, 1.54) is 31.5 Å². The second-order valence-corrected chi connectivity index (χ2v) is 5.88. The summed E-state index contributed by atoms with van der Waals surface area (Å²) in [6.07, 6.45) is 7.10. The van der Waals surface area contributed by atoms with Crippen LogP contribution in [0.3, 0.4) is 0 Å². The fraction of sp³-hybridized carbons (Fsp3) is 0.571. The molecule has 104 valence electrons. The molecular formula is C14H18Cl2N2O. The molecule has 1 fully saturated rings. The van der Waals surface area contributed by atoms with E-state index in [0.29, 0.717) is 10.6 Å². The smallest absolute Gasteiger partial charge is 0.253 e. The van der Waals surface area contributed by atoms with E-state index >= 15 is 0 Å². The minimum Gasteiger partial charge on any atom is -0.349 e. The normalized spacial score (nSPS) is 23.1. The average Bonchev–Trinajstić information content (AvgIpc) is 2.42. The first-order chi connectivity index (χ1) is 9.10. The summed E-state index contributed by atoms with van der Waals surface area (Å²) < 4.78 is 0. The molecule has 1 aromatic heterocycles. The van der Waals surface area contributed by atoms with Crippen LogP contribution in [-0.4, -0.2) is 16.9 Å². The van der Waals surface area contributed by atoms with Gasteiger partial charge in [0, 0.05) is 12.2 Å². The number of carbonyl (C=O) groups is 1. The van der Waals surface area contributed by atoms with E-state index in [4.69, 9.17) is 23.2 Å². The predicted octanol–water partition coefficient (Wildman–Crippen LogP) is 4.09. The van der Waals surface area contributed by atoms with Gasteiger partial charge in [0.15, 0.2) is 0 Å². The van der Waals surface area contributed by atoms with Crippen molar-refractivity contribution < 1.29 is 4.79 Å². The summed E-state index contributed by atoms with van der Waals surface area (Å²) in [7, 11) is 0. The molecule has 5 heteroatoms. The van der Waals surface area contributed by atoms with Crippen LogP contribution in [0, 0.1) is 5.92 Å². The van der Waals surface area contributed by atoms with Crippen molar-refractivity contribution in [1.82, 2.24) is 10.3 Å². The van der Waals surface area contributed by atoms with Gasteiger partial charge in [0.2, 0.25) is 0 Å². The van der Waals surface area contributed by atoms with Crippen LogP contribution < -0.4 is 5.32 Å². The zero-order valence-corrected chi connectivity index (χ0v) is 12.5. The molecule has 1 N–H and O–H groups in total. The third-order valence-electron chi connectivity index (χ3n) is 3.83. The molecule has 1 amide bonds. The number of halogens is 2. The Hall–Kier alpha value is -0.800. The van der Waals surface area contributed by atoms with Gasteiger partial charge >= 0.3 is 0 Å². The second kappa shape index (κ2) is 6.58. The fourth-order valence-electron chi connectivity index (χ4n) is 2.57. The molecule has 0 saturated heterocycles. The number of rotatable bonds is 3. The Morgan fingerprint density at radius 2 is 2.05 bits per heavy atom. The van der Waals surface area contributed by atoms with Crippen LogP contribution in [0.15, 0.2) is 12.3 Å². The largest absolute Gasteiger partial charge is 0.349 e. The zero-order chi connectivity index (χ0) is 13.8. The number of hydrogen-bond donors (Lipinski definition) is 1. The van der Waals surface area contributed by atoms with Crippen LogP contribution in [-0.2, 0) is 0 Å². The van der Waals surface area contributed by atoms with Gasteiger partial charge in [-0.1, -0.05) is 36.5 Å². The SMILES string of the molecule is CCC1CCC(NC(=O)c2cc(Cl)ncc2Cl)CC1. The fourth-order valence-corrected chi connectivity index (χ4v) is 2.91. The average molecular weight is 301 g/mol. The van der Waals surface area contributed by atoms with Crippen molar-refractivity contribution in [1.29, 1.82) is 0 Å². The zero-order valence-electron chi connectivity index (χ0n) is 11.0. The van der Waals surface area contributed by atoms with Gasteiger partial charge in [-0.2, -0.15) is 0 Å². The number of nitrogens with one attached hydrogen (secondary N) is 1. The Morgan fingerprint density at radius 1 is 1.37 bits per heavy atom. The van der Waals surface area contributed by atoms with Crippen molar-refractivity contribution in [2.24, 2.45) is 5.92 Å². The molecule has 0 spiro atoms. The number of nitrogens with zero attached hydrogens (tertiary/aromatic N) is 1. The van der Waals surface area contributed by atoms with E-state index in [-0.39, 0.29) is 17.1 Å². The van der Waals surface area contributed by atoms with Gasteiger partial charge in [-0.25, -0.2) is 4.98 Å². The number of pyridine rings is 1. The Kier molecular flexibility index (Phi) is 5.06. The highest BCUT2D eigenvalue weighted by molar-refractivity contribution is 6.35. The molecule has 0 aliphatic heterocycles. The van der Waals surface area contributed by atoms with E-state index in [0.717, 1.165) is 18.8 Å². The van der Waals surface area contributed by atoms with Gasteiger partial charge in [0.1, 0.15) is 5.15 Å². The molecule has 0 aromatic carbocycles. The highest BCUT2D eigenvalue weighted by atomic mass is 35.5. The molecule has 0 radical (unpaired) electrons. The lowest BCUT2D eigenvalue weighted by Crippen LogP contribution is -2.37. The van der Waals surface area contributed by atoms with Crippen molar-refractivity contribution in [2.45, 2.75) is 45.1 Å². The first-order valence-corrected chi connectivity index (χ1v) is 7.47. The number of aromatic nitrogens is 1. The van der Waals surface area contributed by atoms with E-state index in [2.05, 4.69) is 17.2 Å². The van der Waals surface area contributed by atoms with Crippen LogP contribution in [0.25, 0.3) is 0 Å². The molecule has 0 unspecified atom stereocenters. The topological polar surface area (TPSA) is 42.0 Å². The summed E-state index contributed by atoms with van der Waals surface area (Å²) in [6, 6.07) is 1.76. The minimum absolute atomic E-state index is 0.158. The maximum Gasteiger partial charge on any atom is 0.253 e. The van der Waals surface area contributed by atoms with Crippen LogP contribution >= 0.6 is 23.2 Å². The van der Waals surface area contributed by atoms with Crippen LogP contribution in [0.5, 0.6) is 0 Å². The first-order valence-electron chi connectivity index (χ1n) is 6.72. The standard InChI is InChI=1S/C14H18Cl2N2O/c1-2-9-3-5-10(6-4-9)18-14(19)11-7-13(16)17-8-12(11)15/h7-10H,2-6H2,1H3,(H,18,19). The summed E-state index contributed by atoms with van der Waals surface area (Å²) in [5.41, 5.74) is 0.402. The number of carbonyl (C=O) groups excluding carboxylic acids is 1. The second-order valence-electron chi connectivity index (χ2n) is 5.09. The quantitative estimate of drug-likeness (QED) is 0.854. The molecule has 0 atom stereocenters. The van der Waals surface area contributed by atoms with Crippen molar-refractivity contribution in [3.63, 3.8) is 0 Å². The summed E-state index contributed by atoms with van der Waals surface area (Å²) in [5.74, 6) is 0.654. The van der Waals surface area contributed by atoms with Gasteiger partial charge in [-0.3, -0.25) is 4.79 Å². The van der Waals surface area contributed by atoms with Crippen molar-refractivity contribution in [3.05, 3.63) is 28.0 Å². The van der Waals surface area contributed by atoms with Gasteiger partial charge in [0.05, 0.1) is 10.6 Å². The highest BCUT2D eigenvalue weighted by Crippen LogP contribution is 2.27. The van der Waals surface area contributed by atoms with Crippen LogP contribution in [0.2, 0.25) is 10.2 Å². The number of amides is 1. The first kappa shape index (κ1) is 14.6. The Balaban J connectivity index is 1.96. The summed E-state index contributed by atoms with van der Waals surface area (Å²) >= 11 is 11.8. The molecule has 1 aromatic rings. The van der Waals surface area contributed by atoms with E-state index in [1.54, 1.807) is 0 Å². The molecule has 2 rings (SSSR count). The summed E-state index contributed by atoms with van der Waals surface area (Å²) in [4.78, 5) is 16.0. The van der Waals surface area contributed by atoms with Crippen LogP contribution in [0.1, 0.15) is 49.4 Å². The Morgan fingerprint density at radius 3 is 2.68 bits per heavy atom. The molecule has 0 bridgehead atoms. The summed E-state index contributed by atoms with van der Waals surface area (Å²) in [5, 5.41) is 3.66. The third-order valence-corrected chi connectivity index (χ3v) is 4.33. The lowest BCUT2D eigenvalue weighted by Gasteiger charge is -2.28. The molecular weight excluding hydrogens is 283 g/mol. The number of hydrogen-bond acceptors (Lipinski definition) is 2. The molecule has 1 aliphatic rings. The predicted molar refractivity (Wildman–Crippen MR) is 77.8 cm³/mol.